The van der Waals surface area contributed by atoms with E-state index in [2.05, 4.69) is 5.32 Å². The van der Waals surface area contributed by atoms with Crippen LogP contribution in [0.2, 0.25) is 0 Å². The number of carbonyl (C=O) groups is 3. The van der Waals surface area contributed by atoms with Crippen LogP contribution in [0, 0.1) is 18.3 Å². The molecule has 1 saturated heterocycles. The monoisotopic (exact) mass is 397 g/mol. The van der Waals surface area contributed by atoms with E-state index in [4.69, 9.17) is 27.7 Å². The lowest BCUT2D eigenvalue weighted by atomic mass is 10.1. The van der Waals surface area contributed by atoms with Gasteiger partial charge >= 0.3 is 11.9 Å². The number of nitrogens with zero attached hydrogens (tertiary/aromatic N) is 2. The predicted molar refractivity (Wildman–Crippen MR) is 104 cm³/mol. The summed E-state index contributed by atoms with van der Waals surface area (Å²) in [5.74, 6) is -2.34. The number of aryl methyl sites for hydroxylation is 1. The minimum Gasteiger partial charge on any atom is -0.478 e. The number of carboxylic acids is 2. The first kappa shape index (κ1) is 20.5. The summed E-state index contributed by atoms with van der Waals surface area (Å²) in [5, 5.41) is 28.9. The van der Waals surface area contributed by atoms with Gasteiger partial charge in [0.05, 0.1) is 22.8 Å². The Labute approximate surface area is 165 Å². The maximum atomic E-state index is 11.1. The molecule has 0 saturated carbocycles. The van der Waals surface area contributed by atoms with Crippen molar-refractivity contribution in [3.8, 4) is 6.07 Å². The molecule has 0 spiro atoms. The summed E-state index contributed by atoms with van der Waals surface area (Å²) >= 11 is 4.99. The molecular weight excluding hydrogens is 382 g/mol. The molecule has 1 heterocycles. The standard InChI is InChI=1S/C10H7N3OS.C9H8O4/c11-5-7-1-3-8(4-2-7)13-6-9(14)12-10(13)15;1-5-2-3-6(8(10)11)4-7(5)9(12)13/h1-4H,6H2,(H,12,14,15);2-4H,1H3,(H,10,11)(H,12,13). The second kappa shape index (κ2) is 8.75. The summed E-state index contributed by atoms with van der Waals surface area (Å²) in [6, 6.07) is 13.0. The normalized spacial score (nSPS) is 12.5. The molecule has 1 aliphatic heterocycles. The number of rotatable bonds is 3. The van der Waals surface area contributed by atoms with E-state index < -0.39 is 11.9 Å². The van der Waals surface area contributed by atoms with Crippen LogP contribution >= 0.6 is 12.2 Å². The number of nitrogens with one attached hydrogen (secondary N) is 1. The zero-order valence-electron chi connectivity index (χ0n) is 14.7. The van der Waals surface area contributed by atoms with Gasteiger partial charge in [-0.2, -0.15) is 5.26 Å². The van der Waals surface area contributed by atoms with E-state index >= 15 is 0 Å². The molecule has 9 heteroatoms. The van der Waals surface area contributed by atoms with Gasteiger partial charge in [0, 0.05) is 5.69 Å². The van der Waals surface area contributed by atoms with E-state index in [1.165, 1.54) is 12.1 Å². The molecule has 28 heavy (non-hydrogen) atoms. The van der Waals surface area contributed by atoms with Crippen LogP contribution < -0.4 is 10.2 Å². The number of hydrogen-bond acceptors (Lipinski definition) is 5. The molecule has 1 aliphatic rings. The highest BCUT2D eigenvalue weighted by atomic mass is 32.1. The lowest BCUT2D eigenvalue weighted by Gasteiger charge is -2.14. The van der Waals surface area contributed by atoms with Crippen LogP contribution in [0.5, 0.6) is 0 Å². The smallest absolute Gasteiger partial charge is 0.335 e. The van der Waals surface area contributed by atoms with E-state index in [1.807, 2.05) is 6.07 Å². The molecule has 0 bridgehead atoms. The molecule has 0 unspecified atom stereocenters. The van der Waals surface area contributed by atoms with Gasteiger partial charge in [-0.05, 0) is 61.1 Å². The Hall–Kier alpha value is -3.77. The van der Waals surface area contributed by atoms with Crippen LogP contribution in [-0.4, -0.2) is 39.7 Å². The summed E-state index contributed by atoms with van der Waals surface area (Å²) in [6.45, 7) is 1.86. The average molecular weight is 397 g/mol. The van der Waals surface area contributed by atoms with Crippen LogP contribution in [0.3, 0.4) is 0 Å². The minimum atomic E-state index is -1.12. The minimum absolute atomic E-state index is 0.0111. The summed E-state index contributed by atoms with van der Waals surface area (Å²) < 4.78 is 0. The van der Waals surface area contributed by atoms with Crippen molar-refractivity contribution in [3.05, 3.63) is 64.7 Å². The van der Waals surface area contributed by atoms with Crippen molar-refractivity contribution in [2.24, 2.45) is 0 Å². The van der Waals surface area contributed by atoms with Crippen molar-refractivity contribution in [1.29, 1.82) is 5.26 Å². The lowest BCUT2D eigenvalue weighted by molar-refractivity contribution is -0.117. The largest absolute Gasteiger partial charge is 0.478 e. The van der Waals surface area contributed by atoms with Gasteiger partial charge in [-0.3, -0.25) is 4.79 Å². The topological polar surface area (TPSA) is 131 Å². The second-order valence-electron chi connectivity index (χ2n) is 5.74. The number of amides is 1. The molecule has 3 rings (SSSR count). The highest BCUT2D eigenvalue weighted by Crippen LogP contribution is 2.17. The number of hydrogen-bond donors (Lipinski definition) is 3. The van der Waals surface area contributed by atoms with Crippen molar-refractivity contribution < 1.29 is 24.6 Å². The first-order valence-electron chi connectivity index (χ1n) is 7.91. The maximum absolute atomic E-state index is 11.1. The molecule has 1 amide bonds. The van der Waals surface area contributed by atoms with E-state index in [0.717, 1.165) is 11.8 Å². The molecule has 2 aromatic rings. The zero-order valence-corrected chi connectivity index (χ0v) is 15.5. The Morgan fingerprint density at radius 2 is 1.79 bits per heavy atom. The molecular formula is C19H15N3O5S. The fourth-order valence-electron chi connectivity index (χ4n) is 2.35. The van der Waals surface area contributed by atoms with Gasteiger partial charge < -0.3 is 20.4 Å². The zero-order chi connectivity index (χ0) is 20.8. The Kier molecular flexibility index (Phi) is 6.42. The molecule has 3 N–H and O–H groups in total. The van der Waals surface area contributed by atoms with Crippen molar-refractivity contribution in [2.45, 2.75) is 6.92 Å². The van der Waals surface area contributed by atoms with Gasteiger partial charge in [0.2, 0.25) is 5.91 Å². The van der Waals surface area contributed by atoms with Crippen LogP contribution in [-0.2, 0) is 4.79 Å². The van der Waals surface area contributed by atoms with Crippen molar-refractivity contribution in [3.63, 3.8) is 0 Å². The fraction of sp³-hybridized carbons (Fsp3) is 0.105. The Bertz CT molecular complexity index is 996. The number of aromatic carboxylic acids is 2. The van der Waals surface area contributed by atoms with Crippen LogP contribution in [0.1, 0.15) is 31.8 Å². The predicted octanol–water partition coefficient (Wildman–Crippen LogP) is 2.17. The van der Waals surface area contributed by atoms with Gasteiger partial charge in [0.25, 0.3) is 0 Å². The lowest BCUT2D eigenvalue weighted by Crippen LogP contribution is -2.27. The Morgan fingerprint density at radius 1 is 1.14 bits per heavy atom. The summed E-state index contributed by atoms with van der Waals surface area (Å²) in [7, 11) is 0. The van der Waals surface area contributed by atoms with E-state index in [0.29, 0.717) is 16.2 Å². The summed E-state index contributed by atoms with van der Waals surface area (Å²) in [5.41, 5.74) is 1.97. The van der Waals surface area contributed by atoms with E-state index in [1.54, 1.807) is 36.1 Å². The van der Waals surface area contributed by atoms with E-state index in [9.17, 15) is 14.4 Å². The highest BCUT2D eigenvalue weighted by Gasteiger charge is 2.24. The van der Waals surface area contributed by atoms with Crippen LogP contribution in [0.4, 0.5) is 5.69 Å². The van der Waals surface area contributed by atoms with Gasteiger partial charge in [-0.25, -0.2) is 9.59 Å². The molecule has 0 radical (unpaired) electrons. The van der Waals surface area contributed by atoms with E-state index in [-0.39, 0.29) is 23.6 Å². The number of carboxylic acid groups (broad SMARTS) is 2. The maximum Gasteiger partial charge on any atom is 0.335 e. The first-order valence-corrected chi connectivity index (χ1v) is 8.32. The van der Waals surface area contributed by atoms with Crippen molar-refractivity contribution in [1.82, 2.24) is 5.32 Å². The second-order valence-corrected chi connectivity index (χ2v) is 6.12. The fourth-order valence-corrected chi connectivity index (χ4v) is 2.64. The van der Waals surface area contributed by atoms with Crippen LogP contribution in [0.15, 0.2) is 42.5 Å². The molecule has 0 aliphatic carbocycles. The molecule has 0 aromatic heterocycles. The van der Waals surface area contributed by atoms with Gasteiger partial charge in [0.15, 0.2) is 5.11 Å². The Morgan fingerprint density at radius 3 is 2.25 bits per heavy atom. The molecule has 2 aromatic carbocycles. The van der Waals surface area contributed by atoms with Gasteiger partial charge in [-0.15, -0.1) is 0 Å². The number of nitriles is 1. The summed E-state index contributed by atoms with van der Waals surface area (Å²) in [6.07, 6.45) is 0. The number of benzene rings is 2. The third kappa shape index (κ3) is 4.90. The number of thiocarbonyl (C=S) groups is 1. The quantitative estimate of drug-likeness (QED) is 0.672. The molecule has 0 atom stereocenters. The SMILES string of the molecule is Cc1ccc(C(=O)O)cc1C(=O)O.N#Cc1ccc(N2CC(=O)NC2=S)cc1. The number of carbonyl (C=O) groups excluding carboxylic acids is 1. The van der Waals surface area contributed by atoms with Crippen molar-refractivity contribution in [2.75, 3.05) is 11.4 Å². The Balaban J connectivity index is 0.000000203. The van der Waals surface area contributed by atoms with Crippen LogP contribution in [0.25, 0.3) is 0 Å². The first-order chi connectivity index (χ1) is 13.2. The third-order valence-corrected chi connectivity index (χ3v) is 4.14. The summed E-state index contributed by atoms with van der Waals surface area (Å²) in [4.78, 5) is 33.9. The van der Waals surface area contributed by atoms with Gasteiger partial charge in [0.1, 0.15) is 6.54 Å². The van der Waals surface area contributed by atoms with Crippen molar-refractivity contribution >= 4 is 40.9 Å². The third-order valence-electron chi connectivity index (χ3n) is 3.82. The molecule has 142 valence electrons. The van der Waals surface area contributed by atoms with Gasteiger partial charge in [-0.1, -0.05) is 6.07 Å². The molecule has 8 nitrogen and oxygen atoms in total. The highest BCUT2D eigenvalue weighted by molar-refractivity contribution is 7.80. The molecule has 1 fully saturated rings. The number of anilines is 1. The average Bonchev–Trinajstić information content (AvgIpc) is 3.00.